The number of alkyl halides is 1. The SMILES string of the molecule is CCC(=O)OC1(C(=O)CCl)CCC2C3CCC4=CC(=O)CCC4(CO)C3C(O)CC21C. The van der Waals surface area contributed by atoms with Crippen molar-refractivity contribution in [1.82, 2.24) is 0 Å². The molecule has 3 saturated carbocycles. The van der Waals surface area contributed by atoms with E-state index < -0.39 is 28.5 Å². The molecule has 172 valence electrons. The molecule has 0 spiro atoms. The maximum atomic E-state index is 13.1. The van der Waals surface area contributed by atoms with E-state index in [0.717, 1.165) is 12.0 Å². The second kappa shape index (κ2) is 7.96. The first-order chi connectivity index (χ1) is 14.7. The van der Waals surface area contributed by atoms with Gasteiger partial charge in [-0.3, -0.25) is 14.4 Å². The van der Waals surface area contributed by atoms with Crippen molar-refractivity contribution in [2.24, 2.45) is 28.6 Å². The Morgan fingerprint density at radius 3 is 2.65 bits per heavy atom. The summed E-state index contributed by atoms with van der Waals surface area (Å²) in [7, 11) is 0. The first-order valence-corrected chi connectivity index (χ1v) is 12.1. The zero-order valence-electron chi connectivity index (χ0n) is 18.4. The molecule has 0 aromatic rings. The number of aliphatic hydroxyl groups excluding tert-OH is 2. The van der Waals surface area contributed by atoms with Crippen LogP contribution in [0.15, 0.2) is 11.6 Å². The van der Waals surface area contributed by atoms with E-state index in [9.17, 15) is 24.6 Å². The number of halogens is 1. The molecule has 0 bridgehead atoms. The first-order valence-electron chi connectivity index (χ1n) is 11.5. The van der Waals surface area contributed by atoms with Gasteiger partial charge in [0.05, 0.1) is 18.6 Å². The topological polar surface area (TPSA) is 101 Å². The van der Waals surface area contributed by atoms with Gasteiger partial charge < -0.3 is 14.9 Å². The summed E-state index contributed by atoms with van der Waals surface area (Å²) in [5.41, 5.74) is -1.65. The molecular weight excluding hydrogens is 420 g/mol. The normalized spacial score (nSPS) is 44.0. The fourth-order valence-electron chi connectivity index (χ4n) is 7.80. The average Bonchev–Trinajstić information content (AvgIpc) is 3.05. The molecule has 4 rings (SSSR count). The Morgan fingerprint density at radius 2 is 2.00 bits per heavy atom. The second-order valence-electron chi connectivity index (χ2n) is 10.2. The summed E-state index contributed by atoms with van der Waals surface area (Å²) in [5.74, 6) is -0.887. The Hall–Kier alpha value is -1.24. The maximum absolute atomic E-state index is 13.1. The standard InChI is InChI=1S/C24H33ClO6/c1-3-20(30)31-24(19(29)12-25)9-7-17-16-5-4-14-10-15(27)6-8-23(14,13-26)21(16)18(28)11-22(17,24)2/h10,16-18,21,26,28H,3-9,11-13H2,1-2H3. The number of Topliss-reactive ketones (excluding diaryl/α,β-unsaturated/α-hetero) is 1. The van der Waals surface area contributed by atoms with E-state index in [1.54, 1.807) is 13.0 Å². The Morgan fingerprint density at radius 1 is 1.26 bits per heavy atom. The van der Waals surface area contributed by atoms with E-state index in [4.69, 9.17) is 16.3 Å². The Labute approximate surface area is 188 Å². The highest BCUT2D eigenvalue weighted by atomic mass is 35.5. The van der Waals surface area contributed by atoms with Gasteiger partial charge in [-0.2, -0.15) is 0 Å². The van der Waals surface area contributed by atoms with Gasteiger partial charge >= 0.3 is 5.97 Å². The number of hydrogen-bond acceptors (Lipinski definition) is 6. The molecule has 6 nitrogen and oxygen atoms in total. The highest BCUT2D eigenvalue weighted by Crippen LogP contribution is 2.68. The smallest absolute Gasteiger partial charge is 0.306 e. The van der Waals surface area contributed by atoms with Crippen LogP contribution < -0.4 is 0 Å². The molecule has 0 aromatic carbocycles. The van der Waals surface area contributed by atoms with Gasteiger partial charge in [-0.05, 0) is 62.4 Å². The summed E-state index contributed by atoms with van der Waals surface area (Å²) in [6, 6.07) is 0. The van der Waals surface area contributed by atoms with Gasteiger partial charge in [0, 0.05) is 23.7 Å². The molecule has 0 aromatic heterocycles. The second-order valence-corrected chi connectivity index (χ2v) is 10.5. The zero-order valence-corrected chi connectivity index (χ0v) is 19.1. The minimum absolute atomic E-state index is 0.0697. The lowest BCUT2D eigenvalue weighted by Crippen LogP contribution is -2.63. The Balaban J connectivity index is 1.77. The molecule has 7 heteroatoms. The molecule has 0 heterocycles. The van der Waals surface area contributed by atoms with Crippen LogP contribution in [0.25, 0.3) is 0 Å². The van der Waals surface area contributed by atoms with E-state index >= 15 is 0 Å². The average molecular weight is 453 g/mol. The minimum atomic E-state index is -1.32. The van der Waals surface area contributed by atoms with E-state index in [1.807, 2.05) is 6.92 Å². The van der Waals surface area contributed by atoms with Crippen LogP contribution in [0.5, 0.6) is 0 Å². The van der Waals surface area contributed by atoms with Gasteiger partial charge in [0.25, 0.3) is 0 Å². The van der Waals surface area contributed by atoms with Crippen molar-refractivity contribution in [3.8, 4) is 0 Å². The number of aliphatic hydroxyl groups is 2. The summed E-state index contributed by atoms with van der Waals surface area (Å²) >= 11 is 5.99. The molecule has 4 aliphatic carbocycles. The summed E-state index contributed by atoms with van der Waals surface area (Å²) < 4.78 is 5.88. The molecule has 0 radical (unpaired) electrons. The van der Waals surface area contributed by atoms with Crippen LogP contribution in [-0.2, 0) is 19.1 Å². The molecule has 7 atom stereocenters. The van der Waals surface area contributed by atoms with E-state index in [-0.39, 0.29) is 48.2 Å². The number of esters is 1. The van der Waals surface area contributed by atoms with Crippen molar-refractivity contribution in [3.63, 3.8) is 0 Å². The lowest BCUT2D eigenvalue weighted by atomic mass is 9.45. The predicted molar refractivity (Wildman–Crippen MR) is 114 cm³/mol. The third kappa shape index (κ3) is 3.08. The fraction of sp³-hybridized carbons (Fsp3) is 0.792. The van der Waals surface area contributed by atoms with Gasteiger partial charge in [0.15, 0.2) is 17.2 Å². The van der Waals surface area contributed by atoms with Crippen molar-refractivity contribution in [2.45, 2.75) is 76.9 Å². The molecule has 0 aliphatic heterocycles. The van der Waals surface area contributed by atoms with Crippen molar-refractivity contribution in [3.05, 3.63) is 11.6 Å². The molecule has 3 fully saturated rings. The van der Waals surface area contributed by atoms with Gasteiger partial charge in [0.1, 0.15) is 0 Å². The summed E-state index contributed by atoms with van der Waals surface area (Å²) in [5, 5.41) is 22.0. The fourth-order valence-corrected chi connectivity index (χ4v) is 8.02. The summed E-state index contributed by atoms with van der Waals surface area (Å²) in [6.45, 7) is 3.58. The highest BCUT2D eigenvalue weighted by molar-refractivity contribution is 6.29. The Bertz CT molecular complexity index is 823. The molecule has 31 heavy (non-hydrogen) atoms. The van der Waals surface area contributed by atoms with Crippen LogP contribution >= 0.6 is 11.6 Å². The third-order valence-corrected chi connectivity index (χ3v) is 9.42. The molecule has 0 saturated heterocycles. The molecule has 2 N–H and O–H groups in total. The van der Waals surface area contributed by atoms with Crippen LogP contribution in [0.3, 0.4) is 0 Å². The number of ether oxygens (including phenoxy) is 1. The maximum Gasteiger partial charge on any atom is 0.306 e. The summed E-state index contributed by atoms with van der Waals surface area (Å²) in [6.07, 6.45) is 4.94. The summed E-state index contributed by atoms with van der Waals surface area (Å²) in [4.78, 5) is 37.5. The van der Waals surface area contributed by atoms with E-state index in [1.165, 1.54) is 0 Å². The van der Waals surface area contributed by atoms with Crippen molar-refractivity contribution < 1.29 is 29.3 Å². The predicted octanol–water partition coefficient (Wildman–Crippen LogP) is 2.96. The molecule has 0 amide bonds. The molecular formula is C24H33ClO6. The number of fused-ring (bicyclic) bond motifs is 5. The van der Waals surface area contributed by atoms with Crippen LogP contribution in [0, 0.1) is 28.6 Å². The Kier molecular flexibility index (Phi) is 5.89. The molecule has 4 aliphatic rings. The minimum Gasteiger partial charge on any atom is -0.450 e. The van der Waals surface area contributed by atoms with Crippen LogP contribution in [0.4, 0.5) is 0 Å². The van der Waals surface area contributed by atoms with E-state index in [2.05, 4.69) is 0 Å². The number of carbonyl (C=O) groups is 3. The number of hydrogen-bond donors (Lipinski definition) is 2. The number of rotatable bonds is 5. The van der Waals surface area contributed by atoms with E-state index in [0.29, 0.717) is 38.5 Å². The zero-order chi connectivity index (χ0) is 22.6. The number of ketones is 2. The largest absolute Gasteiger partial charge is 0.450 e. The van der Waals surface area contributed by atoms with Gasteiger partial charge in [-0.1, -0.05) is 19.4 Å². The first kappa shape index (κ1) is 22.9. The van der Waals surface area contributed by atoms with Crippen molar-refractivity contribution in [1.29, 1.82) is 0 Å². The van der Waals surface area contributed by atoms with Gasteiger partial charge in [0.2, 0.25) is 0 Å². The quantitative estimate of drug-likeness (QED) is 0.491. The van der Waals surface area contributed by atoms with Gasteiger partial charge in [-0.15, -0.1) is 11.6 Å². The van der Waals surface area contributed by atoms with Crippen LogP contribution in [0.1, 0.15) is 65.2 Å². The highest BCUT2D eigenvalue weighted by Gasteiger charge is 2.70. The lowest BCUT2D eigenvalue weighted by Gasteiger charge is -2.61. The van der Waals surface area contributed by atoms with Crippen molar-refractivity contribution >= 4 is 29.1 Å². The van der Waals surface area contributed by atoms with Crippen molar-refractivity contribution in [2.75, 3.05) is 12.5 Å². The van der Waals surface area contributed by atoms with Crippen LogP contribution in [-0.4, -0.2) is 51.9 Å². The molecule has 7 unspecified atom stereocenters. The number of carbonyl (C=O) groups excluding carboxylic acids is 3. The monoisotopic (exact) mass is 452 g/mol. The lowest BCUT2D eigenvalue weighted by molar-refractivity contribution is -0.202. The van der Waals surface area contributed by atoms with Gasteiger partial charge in [-0.25, -0.2) is 0 Å². The third-order valence-electron chi connectivity index (χ3n) is 9.18. The van der Waals surface area contributed by atoms with Crippen LogP contribution in [0.2, 0.25) is 0 Å².